The van der Waals surface area contributed by atoms with Gasteiger partial charge in [0.05, 0.1) is 11.8 Å². The minimum absolute atomic E-state index is 0.781. The predicted molar refractivity (Wildman–Crippen MR) is 77.9 cm³/mol. The SMILES string of the molecule is CN(Cc1ccccc1)/C(=C/C#N)c1ccccc1. The molecule has 0 aliphatic rings. The van der Waals surface area contributed by atoms with Crippen molar-refractivity contribution in [2.45, 2.75) is 6.54 Å². The van der Waals surface area contributed by atoms with Crippen LogP contribution in [0, 0.1) is 11.3 Å². The van der Waals surface area contributed by atoms with Crippen LogP contribution >= 0.6 is 0 Å². The van der Waals surface area contributed by atoms with Crippen LogP contribution in [0.15, 0.2) is 66.7 Å². The summed E-state index contributed by atoms with van der Waals surface area (Å²) in [6.07, 6.45) is 1.60. The zero-order chi connectivity index (χ0) is 13.5. The fourth-order valence-electron chi connectivity index (χ4n) is 2.03. The van der Waals surface area contributed by atoms with E-state index < -0.39 is 0 Å². The second-order valence-corrected chi connectivity index (χ2v) is 4.37. The van der Waals surface area contributed by atoms with Gasteiger partial charge in [-0.05, 0) is 11.1 Å². The van der Waals surface area contributed by atoms with Gasteiger partial charge in [-0.2, -0.15) is 5.26 Å². The fraction of sp³-hybridized carbons (Fsp3) is 0.118. The monoisotopic (exact) mass is 248 g/mol. The second kappa shape index (κ2) is 6.42. The third kappa shape index (κ3) is 3.46. The summed E-state index contributed by atoms with van der Waals surface area (Å²) < 4.78 is 0. The summed E-state index contributed by atoms with van der Waals surface area (Å²) in [5.41, 5.74) is 3.22. The molecule has 2 nitrogen and oxygen atoms in total. The first-order valence-corrected chi connectivity index (χ1v) is 6.21. The molecule has 2 aromatic rings. The Bertz CT molecular complexity index is 580. The maximum Gasteiger partial charge on any atom is 0.0934 e. The standard InChI is InChI=1S/C17H16N2/c1-19(14-15-8-4-2-5-9-15)17(12-13-18)16-10-6-3-7-11-16/h2-12H,14H2,1H3/b17-12+. The van der Waals surface area contributed by atoms with E-state index >= 15 is 0 Å². The van der Waals surface area contributed by atoms with E-state index in [9.17, 15) is 0 Å². The minimum Gasteiger partial charge on any atom is -0.369 e. The summed E-state index contributed by atoms with van der Waals surface area (Å²) in [5.74, 6) is 0. The molecule has 2 rings (SSSR count). The molecule has 0 aliphatic carbocycles. The topological polar surface area (TPSA) is 27.0 Å². The number of rotatable bonds is 4. The van der Waals surface area contributed by atoms with E-state index in [2.05, 4.69) is 23.1 Å². The van der Waals surface area contributed by atoms with Crippen LogP contribution in [0.25, 0.3) is 5.70 Å². The smallest absolute Gasteiger partial charge is 0.0934 e. The fourth-order valence-corrected chi connectivity index (χ4v) is 2.03. The Hall–Kier alpha value is -2.53. The molecule has 0 fully saturated rings. The largest absolute Gasteiger partial charge is 0.369 e. The van der Waals surface area contributed by atoms with Gasteiger partial charge in [-0.15, -0.1) is 0 Å². The van der Waals surface area contributed by atoms with Crippen LogP contribution in [0.5, 0.6) is 0 Å². The highest BCUT2D eigenvalue weighted by Gasteiger charge is 2.07. The number of nitrogens with zero attached hydrogens (tertiary/aromatic N) is 2. The molecule has 0 heterocycles. The quantitative estimate of drug-likeness (QED) is 0.772. The van der Waals surface area contributed by atoms with E-state index in [1.807, 2.05) is 55.6 Å². The van der Waals surface area contributed by atoms with Gasteiger partial charge >= 0.3 is 0 Å². The number of hydrogen-bond acceptors (Lipinski definition) is 2. The first kappa shape index (κ1) is 12.9. The van der Waals surface area contributed by atoms with Crippen molar-refractivity contribution >= 4 is 5.70 Å². The number of hydrogen-bond donors (Lipinski definition) is 0. The molecule has 0 bridgehead atoms. The third-order valence-corrected chi connectivity index (χ3v) is 2.94. The van der Waals surface area contributed by atoms with Crippen LogP contribution in [0.4, 0.5) is 0 Å². The molecule has 2 heteroatoms. The van der Waals surface area contributed by atoms with E-state index in [0.29, 0.717) is 0 Å². The highest BCUT2D eigenvalue weighted by Crippen LogP contribution is 2.19. The molecule has 2 aromatic carbocycles. The molecule has 0 N–H and O–H groups in total. The second-order valence-electron chi connectivity index (χ2n) is 4.37. The van der Waals surface area contributed by atoms with Gasteiger partial charge in [-0.25, -0.2) is 0 Å². The highest BCUT2D eigenvalue weighted by molar-refractivity contribution is 5.65. The van der Waals surface area contributed by atoms with Crippen LogP contribution in [0.2, 0.25) is 0 Å². The van der Waals surface area contributed by atoms with Gasteiger partial charge in [0.1, 0.15) is 0 Å². The Kier molecular flexibility index (Phi) is 4.36. The van der Waals surface area contributed by atoms with E-state index in [-0.39, 0.29) is 0 Å². The molecule has 19 heavy (non-hydrogen) atoms. The van der Waals surface area contributed by atoms with E-state index in [0.717, 1.165) is 17.8 Å². The molecular weight excluding hydrogens is 232 g/mol. The molecular formula is C17H16N2. The molecule has 0 saturated heterocycles. The Morgan fingerprint density at radius 2 is 1.63 bits per heavy atom. The van der Waals surface area contributed by atoms with Crippen molar-refractivity contribution in [3.05, 3.63) is 77.9 Å². The van der Waals surface area contributed by atoms with Crippen molar-refractivity contribution < 1.29 is 0 Å². The first-order chi connectivity index (χ1) is 9.31. The molecule has 0 saturated carbocycles. The lowest BCUT2D eigenvalue weighted by atomic mass is 10.1. The van der Waals surface area contributed by atoms with Crippen molar-refractivity contribution in [3.8, 4) is 6.07 Å². The van der Waals surface area contributed by atoms with Crippen LogP contribution in [0.3, 0.4) is 0 Å². The summed E-state index contributed by atoms with van der Waals surface area (Å²) in [7, 11) is 2.00. The lowest BCUT2D eigenvalue weighted by molar-refractivity contribution is 0.475. The predicted octanol–water partition coefficient (Wildman–Crippen LogP) is 3.68. The first-order valence-electron chi connectivity index (χ1n) is 6.21. The third-order valence-electron chi connectivity index (χ3n) is 2.94. The van der Waals surface area contributed by atoms with E-state index in [1.165, 1.54) is 5.56 Å². The van der Waals surface area contributed by atoms with Gasteiger partial charge in [0.25, 0.3) is 0 Å². The summed E-state index contributed by atoms with van der Waals surface area (Å²) >= 11 is 0. The van der Waals surface area contributed by atoms with Gasteiger partial charge in [-0.3, -0.25) is 0 Å². The Morgan fingerprint density at radius 1 is 1.05 bits per heavy atom. The van der Waals surface area contributed by atoms with Crippen molar-refractivity contribution in [2.75, 3.05) is 7.05 Å². The number of benzene rings is 2. The van der Waals surface area contributed by atoms with Gasteiger partial charge in [0.2, 0.25) is 0 Å². The molecule has 94 valence electrons. The molecule has 0 spiro atoms. The Balaban J connectivity index is 2.22. The average molecular weight is 248 g/mol. The van der Waals surface area contributed by atoms with Crippen LogP contribution < -0.4 is 0 Å². The van der Waals surface area contributed by atoms with Crippen molar-refractivity contribution in [1.82, 2.24) is 4.90 Å². The zero-order valence-corrected chi connectivity index (χ0v) is 11.0. The summed E-state index contributed by atoms with van der Waals surface area (Å²) in [6.45, 7) is 0.781. The molecule has 0 radical (unpaired) electrons. The van der Waals surface area contributed by atoms with Crippen molar-refractivity contribution in [3.63, 3.8) is 0 Å². The minimum atomic E-state index is 0.781. The lowest BCUT2D eigenvalue weighted by Gasteiger charge is -2.22. The molecule has 0 aliphatic heterocycles. The Morgan fingerprint density at radius 3 is 2.21 bits per heavy atom. The summed E-state index contributed by atoms with van der Waals surface area (Å²) in [5, 5.41) is 8.96. The van der Waals surface area contributed by atoms with Gasteiger partial charge in [-0.1, -0.05) is 60.7 Å². The van der Waals surface area contributed by atoms with E-state index in [4.69, 9.17) is 5.26 Å². The normalized spacial score (nSPS) is 10.8. The maximum absolute atomic E-state index is 8.96. The average Bonchev–Trinajstić information content (AvgIpc) is 2.46. The van der Waals surface area contributed by atoms with Crippen LogP contribution in [0.1, 0.15) is 11.1 Å². The van der Waals surface area contributed by atoms with Crippen LogP contribution in [-0.4, -0.2) is 11.9 Å². The number of nitriles is 1. The summed E-state index contributed by atoms with van der Waals surface area (Å²) in [4.78, 5) is 2.09. The Labute approximate surface area is 114 Å². The number of allylic oxidation sites excluding steroid dienone is 1. The van der Waals surface area contributed by atoms with Crippen molar-refractivity contribution in [1.29, 1.82) is 5.26 Å². The van der Waals surface area contributed by atoms with Crippen LogP contribution in [-0.2, 0) is 6.54 Å². The van der Waals surface area contributed by atoms with E-state index in [1.54, 1.807) is 6.08 Å². The van der Waals surface area contributed by atoms with Gasteiger partial charge in [0.15, 0.2) is 0 Å². The molecule has 0 atom stereocenters. The molecule has 0 aromatic heterocycles. The lowest BCUT2D eigenvalue weighted by Crippen LogP contribution is -2.16. The van der Waals surface area contributed by atoms with Gasteiger partial charge in [0, 0.05) is 19.7 Å². The zero-order valence-electron chi connectivity index (χ0n) is 11.0. The van der Waals surface area contributed by atoms with Crippen molar-refractivity contribution in [2.24, 2.45) is 0 Å². The molecule has 0 amide bonds. The molecule has 0 unspecified atom stereocenters. The summed E-state index contributed by atoms with van der Waals surface area (Å²) in [6, 6.07) is 22.3. The van der Waals surface area contributed by atoms with Gasteiger partial charge < -0.3 is 4.90 Å². The maximum atomic E-state index is 8.96. The highest BCUT2D eigenvalue weighted by atomic mass is 15.1.